The smallest absolute Gasteiger partial charge is 0.411 e. The third kappa shape index (κ3) is 6.79. The molecule has 2 unspecified atom stereocenters. The number of likely N-dealkylation sites (tertiary alicyclic amines) is 1. The normalized spacial score (nSPS) is 20.1. The average Bonchev–Trinajstić information content (AvgIpc) is 3.45. The van der Waals surface area contributed by atoms with Crippen LogP contribution in [-0.2, 0) is 19.1 Å². The fourth-order valence-corrected chi connectivity index (χ4v) is 5.09. The van der Waals surface area contributed by atoms with Gasteiger partial charge in [0.05, 0.1) is 15.8 Å². The van der Waals surface area contributed by atoms with E-state index in [1.165, 1.54) is 4.90 Å². The van der Waals surface area contributed by atoms with E-state index >= 15 is 0 Å². The molecular formula is C25H29ClN4O6S. The molecule has 2 N–H and O–H groups in total. The van der Waals surface area contributed by atoms with Crippen molar-refractivity contribution in [2.45, 2.75) is 44.9 Å². The molecule has 4 amide bonds. The summed E-state index contributed by atoms with van der Waals surface area (Å²) >= 11 is 7.09. The molecule has 2 saturated heterocycles. The Hall–Kier alpha value is -3.15. The van der Waals surface area contributed by atoms with Crippen LogP contribution in [0.25, 0.3) is 0 Å². The standard InChI is InChI=1S/C25H29ClN4O6S/c1-25(2,3)36-24(34)30-13-16(28-23(33)19-8-9-20(26)37-19)12-18(30)22(32)27-15-4-6-17(7-5-15)29-10-11-35-14-21(29)31/h4-9,16,18H,10-14H2,1-3H3,(H,27,32)(H,28,33). The van der Waals surface area contributed by atoms with Crippen molar-refractivity contribution in [2.24, 2.45) is 0 Å². The van der Waals surface area contributed by atoms with Crippen LogP contribution in [0.1, 0.15) is 36.9 Å². The second-order valence-electron chi connectivity index (χ2n) is 9.79. The zero-order valence-corrected chi connectivity index (χ0v) is 22.4. The van der Waals surface area contributed by atoms with Gasteiger partial charge >= 0.3 is 6.09 Å². The molecule has 0 radical (unpaired) electrons. The molecule has 0 spiro atoms. The number of halogens is 1. The maximum Gasteiger partial charge on any atom is 0.411 e. The Labute approximate surface area is 223 Å². The molecule has 1 aromatic heterocycles. The van der Waals surface area contributed by atoms with E-state index in [0.29, 0.717) is 33.7 Å². The van der Waals surface area contributed by atoms with Crippen molar-refractivity contribution in [3.8, 4) is 0 Å². The van der Waals surface area contributed by atoms with Crippen molar-refractivity contribution in [3.63, 3.8) is 0 Å². The number of amides is 4. The highest BCUT2D eigenvalue weighted by atomic mass is 35.5. The van der Waals surface area contributed by atoms with Crippen LogP contribution in [0.2, 0.25) is 4.34 Å². The highest BCUT2D eigenvalue weighted by molar-refractivity contribution is 7.18. The second kappa shape index (κ2) is 11.1. The molecule has 0 aliphatic carbocycles. The largest absolute Gasteiger partial charge is 0.444 e. The van der Waals surface area contributed by atoms with Crippen molar-refractivity contribution in [3.05, 3.63) is 45.6 Å². The first-order chi connectivity index (χ1) is 17.5. The van der Waals surface area contributed by atoms with Gasteiger partial charge in [-0.25, -0.2) is 4.79 Å². The molecular weight excluding hydrogens is 520 g/mol. The van der Waals surface area contributed by atoms with Crippen molar-refractivity contribution in [2.75, 3.05) is 36.5 Å². The number of hydrogen-bond donors (Lipinski definition) is 2. The van der Waals surface area contributed by atoms with E-state index in [9.17, 15) is 19.2 Å². The predicted octanol–water partition coefficient (Wildman–Crippen LogP) is 3.51. The summed E-state index contributed by atoms with van der Waals surface area (Å²) < 4.78 is 11.2. The van der Waals surface area contributed by atoms with Gasteiger partial charge < -0.3 is 25.0 Å². The molecule has 0 bridgehead atoms. The fourth-order valence-electron chi connectivity index (χ4n) is 4.15. The molecule has 12 heteroatoms. The third-order valence-corrected chi connectivity index (χ3v) is 7.03. The Bertz CT molecular complexity index is 1180. The molecule has 2 fully saturated rings. The fraction of sp³-hybridized carbons (Fsp3) is 0.440. The quantitative estimate of drug-likeness (QED) is 0.590. The number of carbonyl (C=O) groups excluding carboxylic acids is 4. The van der Waals surface area contributed by atoms with Gasteiger partial charge in [-0.05, 0) is 63.6 Å². The first-order valence-electron chi connectivity index (χ1n) is 11.8. The molecule has 2 atom stereocenters. The summed E-state index contributed by atoms with van der Waals surface area (Å²) in [5.74, 6) is -0.850. The van der Waals surface area contributed by atoms with Crippen LogP contribution in [0.4, 0.5) is 16.2 Å². The monoisotopic (exact) mass is 548 g/mol. The molecule has 2 aliphatic rings. The van der Waals surface area contributed by atoms with E-state index < -0.39 is 29.7 Å². The molecule has 198 valence electrons. The van der Waals surface area contributed by atoms with Gasteiger partial charge in [-0.15, -0.1) is 11.3 Å². The van der Waals surface area contributed by atoms with Crippen LogP contribution in [0.15, 0.2) is 36.4 Å². The number of morpholine rings is 1. The number of thiophene rings is 1. The number of carbonyl (C=O) groups is 4. The summed E-state index contributed by atoms with van der Waals surface area (Å²) in [6.45, 7) is 6.32. The Morgan fingerprint density at radius 2 is 1.86 bits per heavy atom. The SMILES string of the molecule is CC(C)(C)OC(=O)N1CC(NC(=O)c2ccc(Cl)s2)CC1C(=O)Nc1ccc(N2CCOCC2=O)cc1. The minimum Gasteiger partial charge on any atom is -0.444 e. The minimum atomic E-state index is -0.854. The van der Waals surface area contributed by atoms with E-state index in [-0.39, 0.29) is 31.4 Å². The Balaban J connectivity index is 1.45. The van der Waals surface area contributed by atoms with E-state index in [0.717, 1.165) is 11.3 Å². The molecule has 37 heavy (non-hydrogen) atoms. The molecule has 10 nitrogen and oxygen atoms in total. The number of hydrogen-bond acceptors (Lipinski definition) is 7. The van der Waals surface area contributed by atoms with E-state index in [1.54, 1.807) is 62.1 Å². The number of rotatable bonds is 5. The van der Waals surface area contributed by atoms with Crippen molar-refractivity contribution < 1.29 is 28.7 Å². The van der Waals surface area contributed by atoms with Gasteiger partial charge in [-0.1, -0.05) is 11.6 Å². The van der Waals surface area contributed by atoms with Crippen molar-refractivity contribution in [1.29, 1.82) is 0 Å². The summed E-state index contributed by atoms with van der Waals surface area (Å²) in [7, 11) is 0. The molecule has 1 aromatic carbocycles. The molecule has 4 rings (SSSR count). The van der Waals surface area contributed by atoms with Crippen molar-refractivity contribution >= 4 is 58.1 Å². The van der Waals surface area contributed by atoms with E-state index in [4.69, 9.17) is 21.1 Å². The highest BCUT2D eigenvalue weighted by Crippen LogP contribution is 2.26. The van der Waals surface area contributed by atoms with Crippen LogP contribution in [-0.4, -0.2) is 72.7 Å². The van der Waals surface area contributed by atoms with Crippen LogP contribution in [0.3, 0.4) is 0 Å². The van der Waals surface area contributed by atoms with Crippen LogP contribution in [0.5, 0.6) is 0 Å². The third-order valence-electron chi connectivity index (χ3n) is 5.80. The van der Waals surface area contributed by atoms with Gasteiger partial charge in [0.2, 0.25) is 5.91 Å². The number of ether oxygens (including phenoxy) is 2. The summed E-state index contributed by atoms with van der Waals surface area (Å²) in [6, 6.07) is 8.84. The first-order valence-corrected chi connectivity index (χ1v) is 13.0. The predicted molar refractivity (Wildman–Crippen MR) is 140 cm³/mol. The van der Waals surface area contributed by atoms with Gasteiger partial charge in [-0.2, -0.15) is 0 Å². The van der Waals surface area contributed by atoms with Crippen molar-refractivity contribution in [1.82, 2.24) is 10.2 Å². The number of anilines is 2. The van der Waals surface area contributed by atoms with Crippen LogP contribution in [0, 0.1) is 0 Å². The Morgan fingerprint density at radius 3 is 2.49 bits per heavy atom. The first kappa shape index (κ1) is 26.9. The van der Waals surface area contributed by atoms with Gasteiger partial charge in [-0.3, -0.25) is 19.3 Å². The lowest BCUT2D eigenvalue weighted by atomic mass is 10.1. The molecule has 2 aromatic rings. The maximum atomic E-state index is 13.3. The van der Waals surface area contributed by atoms with Gasteiger partial charge in [0.1, 0.15) is 18.2 Å². The lowest BCUT2D eigenvalue weighted by molar-refractivity contribution is -0.125. The summed E-state index contributed by atoms with van der Waals surface area (Å²) in [5, 5.41) is 5.73. The number of nitrogens with zero attached hydrogens (tertiary/aromatic N) is 2. The maximum absolute atomic E-state index is 13.3. The van der Waals surface area contributed by atoms with Crippen LogP contribution >= 0.6 is 22.9 Å². The number of benzene rings is 1. The average molecular weight is 549 g/mol. The van der Waals surface area contributed by atoms with Gasteiger partial charge in [0.15, 0.2) is 0 Å². The number of nitrogens with one attached hydrogen (secondary N) is 2. The van der Waals surface area contributed by atoms with E-state index in [1.807, 2.05) is 0 Å². The molecule has 2 aliphatic heterocycles. The van der Waals surface area contributed by atoms with Gasteiger partial charge in [0, 0.05) is 30.5 Å². The Kier molecular flexibility index (Phi) is 8.05. The second-order valence-corrected chi connectivity index (χ2v) is 11.5. The lowest BCUT2D eigenvalue weighted by Crippen LogP contribution is -2.45. The van der Waals surface area contributed by atoms with E-state index in [2.05, 4.69) is 10.6 Å². The summed E-state index contributed by atoms with van der Waals surface area (Å²) in [6.07, 6.45) is -0.416. The Morgan fingerprint density at radius 1 is 1.14 bits per heavy atom. The summed E-state index contributed by atoms with van der Waals surface area (Å²) in [5.41, 5.74) is 0.471. The molecule has 0 saturated carbocycles. The zero-order valence-electron chi connectivity index (χ0n) is 20.8. The highest BCUT2D eigenvalue weighted by Gasteiger charge is 2.42. The zero-order chi connectivity index (χ0) is 26.7. The topological polar surface area (TPSA) is 117 Å². The molecule has 3 heterocycles. The minimum absolute atomic E-state index is 0.0396. The lowest BCUT2D eigenvalue weighted by Gasteiger charge is -2.28. The summed E-state index contributed by atoms with van der Waals surface area (Å²) in [4.78, 5) is 54.3. The van der Waals surface area contributed by atoms with Gasteiger partial charge in [0.25, 0.3) is 11.8 Å². The van der Waals surface area contributed by atoms with Crippen LogP contribution < -0.4 is 15.5 Å².